The van der Waals surface area contributed by atoms with Crippen molar-refractivity contribution in [1.82, 2.24) is 5.32 Å². The van der Waals surface area contributed by atoms with Gasteiger partial charge in [0.2, 0.25) is 0 Å². The Morgan fingerprint density at radius 1 is 1.00 bits per heavy atom. The summed E-state index contributed by atoms with van der Waals surface area (Å²) in [6, 6.07) is 10.6. The van der Waals surface area contributed by atoms with Crippen LogP contribution < -0.4 is 10.1 Å². The van der Waals surface area contributed by atoms with Crippen molar-refractivity contribution >= 4 is 47.2 Å². The average Bonchev–Trinajstić information content (AvgIpc) is 2.36. The molecule has 0 radical (unpaired) electrons. The molecule has 1 N–H and O–H groups in total. The van der Waals surface area contributed by atoms with E-state index < -0.39 is 0 Å². The van der Waals surface area contributed by atoms with Gasteiger partial charge in [0.25, 0.3) is 0 Å². The molecule has 0 aromatic heterocycles. The van der Waals surface area contributed by atoms with Gasteiger partial charge in [-0.15, -0.1) is 12.4 Å². The van der Waals surface area contributed by atoms with Crippen molar-refractivity contribution in [2.45, 2.75) is 6.54 Å². The van der Waals surface area contributed by atoms with E-state index in [2.05, 4.69) is 5.32 Å². The molecule has 0 bridgehead atoms. The molecular weight excluding hydrogens is 340 g/mol. The fourth-order valence-corrected chi connectivity index (χ4v) is 2.29. The first-order valence-electron chi connectivity index (χ1n) is 5.66. The molecule has 2 rings (SSSR count). The second-order valence-electron chi connectivity index (χ2n) is 3.96. The lowest BCUT2D eigenvalue weighted by Crippen LogP contribution is -2.05. The minimum Gasteiger partial charge on any atom is -0.456 e. The topological polar surface area (TPSA) is 21.3 Å². The second kappa shape index (κ2) is 7.96. The molecule has 20 heavy (non-hydrogen) atoms. The van der Waals surface area contributed by atoms with Crippen LogP contribution in [0.5, 0.6) is 11.5 Å². The molecule has 2 aromatic rings. The summed E-state index contributed by atoms with van der Waals surface area (Å²) in [6.45, 7) is 0.709. The number of rotatable bonds is 4. The van der Waals surface area contributed by atoms with Crippen molar-refractivity contribution in [1.29, 1.82) is 0 Å². The van der Waals surface area contributed by atoms with Crippen LogP contribution in [-0.4, -0.2) is 7.05 Å². The van der Waals surface area contributed by atoms with E-state index >= 15 is 0 Å². The minimum atomic E-state index is 0. The van der Waals surface area contributed by atoms with Gasteiger partial charge in [0, 0.05) is 16.6 Å². The number of benzene rings is 2. The zero-order valence-electron chi connectivity index (χ0n) is 10.6. The largest absolute Gasteiger partial charge is 0.456 e. The quantitative estimate of drug-likeness (QED) is 0.775. The van der Waals surface area contributed by atoms with Gasteiger partial charge < -0.3 is 10.1 Å². The van der Waals surface area contributed by atoms with Gasteiger partial charge in [-0.1, -0.05) is 40.9 Å². The maximum Gasteiger partial charge on any atom is 0.146 e. The fraction of sp³-hybridized carbons (Fsp3) is 0.143. The predicted octanol–water partition coefficient (Wildman–Crippen LogP) is 5.58. The highest BCUT2D eigenvalue weighted by Crippen LogP contribution is 2.33. The van der Waals surface area contributed by atoms with Crippen LogP contribution in [0.25, 0.3) is 0 Å². The van der Waals surface area contributed by atoms with Gasteiger partial charge >= 0.3 is 0 Å². The van der Waals surface area contributed by atoms with E-state index in [1.54, 1.807) is 24.3 Å². The summed E-state index contributed by atoms with van der Waals surface area (Å²) >= 11 is 18.0. The highest BCUT2D eigenvalue weighted by Gasteiger charge is 2.06. The molecule has 2 aromatic carbocycles. The maximum absolute atomic E-state index is 6.17. The average molecular weight is 353 g/mol. The Kier molecular flexibility index (Phi) is 6.93. The van der Waals surface area contributed by atoms with E-state index in [0.29, 0.717) is 33.1 Å². The van der Waals surface area contributed by atoms with Crippen molar-refractivity contribution in [2.75, 3.05) is 7.05 Å². The monoisotopic (exact) mass is 351 g/mol. The van der Waals surface area contributed by atoms with Gasteiger partial charge in [-0.2, -0.15) is 0 Å². The molecule has 0 fully saturated rings. The summed E-state index contributed by atoms with van der Waals surface area (Å²) in [5.41, 5.74) is 1.01. The Labute approximate surface area is 139 Å². The summed E-state index contributed by atoms with van der Waals surface area (Å²) < 4.78 is 5.68. The third kappa shape index (κ3) is 4.44. The third-order valence-corrected chi connectivity index (χ3v) is 3.40. The van der Waals surface area contributed by atoms with Gasteiger partial charge in [0.1, 0.15) is 11.5 Å². The maximum atomic E-state index is 6.17. The lowest BCUT2D eigenvalue weighted by atomic mass is 10.2. The van der Waals surface area contributed by atoms with Crippen LogP contribution in [0.1, 0.15) is 5.56 Å². The number of ether oxygens (including phenoxy) is 1. The van der Waals surface area contributed by atoms with Crippen LogP contribution in [0.15, 0.2) is 36.4 Å². The SMILES string of the molecule is CNCc1ccc(Oc2ccc(Cl)cc2Cl)cc1Cl.Cl. The van der Waals surface area contributed by atoms with Gasteiger partial charge in [-0.05, 0) is 42.9 Å². The molecule has 0 aliphatic heterocycles. The van der Waals surface area contributed by atoms with Crippen LogP contribution >= 0.6 is 47.2 Å². The molecule has 0 unspecified atom stereocenters. The first-order valence-corrected chi connectivity index (χ1v) is 6.79. The lowest BCUT2D eigenvalue weighted by molar-refractivity contribution is 0.482. The number of halogens is 4. The molecule has 0 aliphatic carbocycles. The number of hydrogen-bond donors (Lipinski definition) is 1. The minimum absolute atomic E-state index is 0. The summed E-state index contributed by atoms with van der Waals surface area (Å²) in [6.07, 6.45) is 0. The van der Waals surface area contributed by atoms with Crippen molar-refractivity contribution in [2.24, 2.45) is 0 Å². The Balaban J connectivity index is 0.00000200. The van der Waals surface area contributed by atoms with Gasteiger partial charge in [-0.25, -0.2) is 0 Å². The smallest absolute Gasteiger partial charge is 0.146 e. The van der Waals surface area contributed by atoms with Crippen LogP contribution in [-0.2, 0) is 6.54 Å². The van der Waals surface area contributed by atoms with E-state index in [1.165, 1.54) is 0 Å². The van der Waals surface area contributed by atoms with Crippen molar-refractivity contribution in [3.63, 3.8) is 0 Å². The Hall–Kier alpha value is -0.640. The third-order valence-electron chi connectivity index (χ3n) is 2.51. The zero-order chi connectivity index (χ0) is 13.8. The molecule has 0 atom stereocenters. The molecule has 0 saturated carbocycles. The molecule has 2 nitrogen and oxygen atoms in total. The Bertz CT molecular complexity index is 589. The van der Waals surface area contributed by atoms with Gasteiger partial charge in [0.15, 0.2) is 0 Å². The van der Waals surface area contributed by atoms with Crippen LogP contribution in [0.4, 0.5) is 0 Å². The molecule has 0 aliphatic rings. The van der Waals surface area contributed by atoms with E-state index in [1.807, 2.05) is 19.2 Å². The summed E-state index contributed by atoms with van der Waals surface area (Å²) in [4.78, 5) is 0. The van der Waals surface area contributed by atoms with E-state index in [4.69, 9.17) is 39.5 Å². The molecular formula is C14H13Cl4NO. The molecule has 108 valence electrons. The van der Waals surface area contributed by atoms with Crippen molar-refractivity contribution < 1.29 is 4.74 Å². The first kappa shape index (κ1) is 17.4. The van der Waals surface area contributed by atoms with Crippen LogP contribution in [0.2, 0.25) is 15.1 Å². The molecule has 0 heterocycles. The predicted molar refractivity (Wildman–Crippen MR) is 88.0 cm³/mol. The second-order valence-corrected chi connectivity index (χ2v) is 5.21. The summed E-state index contributed by atoms with van der Waals surface area (Å²) in [7, 11) is 1.87. The number of hydrogen-bond acceptors (Lipinski definition) is 2. The van der Waals surface area contributed by atoms with Crippen molar-refractivity contribution in [3.05, 3.63) is 57.0 Å². The Morgan fingerprint density at radius 2 is 1.75 bits per heavy atom. The summed E-state index contributed by atoms with van der Waals surface area (Å²) in [5.74, 6) is 1.18. The van der Waals surface area contributed by atoms with Crippen LogP contribution in [0, 0.1) is 0 Å². The highest BCUT2D eigenvalue weighted by molar-refractivity contribution is 6.35. The van der Waals surface area contributed by atoms with E-state index in [-0.39, 0.29) is 12.4 Å². The van der Waals surface area contributed by atoms with Crippen molar-refractivity contribution in [3.8, 4) is 11.5 Å². The van der Waals surface area contributed by atoms with E-state index in [9.17, 15) is 0 Å². The normalized spacial score (nSPS) is 10.0. The molecule has 0 spiro atoms. The Morgan fingerprint density at radius 3 is 2.35 bits per heavy atom. The zero-order valence-corrected chi connectivity index (χ0v) is 13.7. The number of nitrogens with one attached hydrogen (secondary N) is 1. The lowest BCUT2D eigenvalue weighted by Gasteiger charge is -2.10. The molecule has 6 heteroatoms. The van der Waals surface area contributed by atoms with Crippen LogP contribution in [0.3, 0.4) is 0 Å². The van der Waals surface area contributed by atoms with Gasteiger partial charge in [-0.3, -0.25) is 0 Å². The standard InChI is InChI=1S/C14H12Cl3NO.ClH/c1-18-8-9-2-4-11(7-12(9)16)19-14-5-3-10(15)6-13(14)17;/h2-7,18H,8H2,1H3;1H. The fourth-order valence-electron chi connectivity index (χ4n) is 1.61. The van der Waals surface area contributed by atoms with E-state index in [0.717, 1.165) is 5.56 Å². The highest BCUT2D eigenvalue weighted by atomic mass is 35.5. The summed E-state index contributed by atoms with van der Waals surface area (Å²) in [5, 5.41) is 4.73. The first-order chi connectivity index (χ1) is 9.10. The molecule has 0 amide bonds. The molecule has 0 saturated heterocycles. The van der Waals surface area contributed by atoms with Gasteiger partial charge in [0.05, 0.1) is 5.02 Å².